The Hall–Kier alpha value is -0.880. The van der Waals surface area contributed by atoms with Gasteiger partial charge >= 0.3 is 5.97 Å². The number of rotatable bonds is 3. The molecule has 0 aromatic heterocycles. The Morgan fingerprint density at radius 2 is 2.30 bits per heavy atom. The maximum absolute atomic E-state index is 11.8. The lowest BCUT2D eigenvalue weighted by molar-refractivity contribution is -0.146. The minimum absolute atomic E-state index is 0.421. The van der Waals surface area contributed by atoms with Crippen LogP contribution in [0.5, 0.6) is 0 Å². The molecule has 0 spiro atoms. The highest BCUT2D eigenvalue weighted by atomic mass is 35.5. The number of aliphatic hydroxyl groups is 1. The van der Waals surface area contributed by atoms with Crippen molar-refractivity contribution >= 4 is 34.1 Å². The second kappa shape index (κ2) is 6.26. The van der Waals surface area contributed by atoms with E-state index in [1.807, 2.05) is 29.4 Å². The van der Waals surface area contributed by atoms with E-state index in [1.54, 1.807) is 0 Å². The third kappa shape index (κ3) is 2.76. The average molecular weight is 316 g/mol. The highest BCUT2D eigenvalue weighted by Gasteiger charge is 2.40. The summed E-state index contributed by atoms with van der Waals surface area (Å²) in [6, 6.07) is 5.00. The monoisotopic (exact) mass is 315 g/mol. The Bertz CT molecular complexity index is 549. The molecule has 0 aliphatic carbocycles. The summed E-state index contributed by atoms with van der Waals surface area (Å²) in [6.07, 6.45) is -0.169. The highest BCUT2D eigenvalue weighted by Crippen LogP contribution is 2.39. The standard InChI is InChI=1S/C14H18ClNO3S/c1-9-10(15)5-4-6-12(9)20(3)16-8-7-11(17)13(16)14(18)19-2/h4-6,11,13,17H,3,7-8H2,1-2H3. The third-order valence-electron chi connectivity index (χ3n) is 3.52. The fourth-order valence-corrected chi connectivity index (χ4v) is 4.37. The first kappa shape index (κ1) is 15.5. The van der Waals surface area contributed by atoms with Crippen molar-refractivity contribution < 1.29 is 14.6 Å². The Labute approximate surface area is 126 Å². The molecule has 1 N–H and O–H groups in total. The number of esters is 1. The lowest BCUT2D eigenvalue weighted by Crippen LogP contribution is -2.40. The molecule has 0 bridgehead atoms. The molecule has 0 amide bonds. The molecule has 1 aliphatic rings. The van der Waals surface area contributed by atoms with Gasteiger partial charge in [-0.25, -0.2) is 4.31 Å². The zero-order chi connectivity index (χ0) is 14.9. The van der Waals surface area contributed by atoms with Crippen molar-refractivity contribution in [2.75, 3.05) is 13.7 Å². The van der Waals surface area contributed by atoms with Gasteiger partial charge in [-0.3, -0.25) is 4.79 Å². The molecule has 0 radical (unpaired) electrons. The molecule has 6 heteroatoms. The minimum Gasteiger partial charge on any atom is -0.468 e. The van der Waals surface area contributed by atoms with Crippen molar-refractivity contribution in [3.63, 3.8) is 0 Å². The first-order valence-electron chi connectivity index (χ1n) is 6.29. The van der Waals surface area contributed by atoms with Gasteiger partial charge < -0.3 is 9.84 Å². The van der Waals surface area contributed by atoms with Gasteiger partial charge in [-0.15, -0.1) is 0 Å². The number of ether oxygens (including phenoxy) is 1. The van der Waals surface area contributed by atoms with E-state index in [0.29, 0.717) is 18.0 Å². The Kier molecular flexibility index (Phi) is 4.86. The molecule has 4 nitrogen and oxygen atoms in total. The van der Waals surface area contributed by atoms with Gasteiger partial charge in [0.2, 0.25) is 0 Å². The molecule has 1 aliphatic heterocycles. The maximum Gasteiger partial charge on any atom is 0.326 e. The Morgan fingerprint density at radius 3 is 2.95 bits per heavy atom. The van der Waals surface area contributed by atoms with Crippen LogP contribution in [-0.4, -0.2) is 47.1 Å². The molecule has 1 fully saturated rings. The Balaban J connectivity index is 2.33. The highest BCUT2D eigenvalue weighted by molar-refractivity contribution is 8.12. The largest absolute Gasteiger partial charge is 0.468 e. The summed E-state index contributed by atoms with van der Waals surface area (Å²) >= 11 is 6.14. The number of carbonyl (C=O) groups is 1. The molecule has 3 atom stereocenters. The van der Waals surface area contributed by atoms with Crippen molar-refractivity contribution in [2.24, 2.45) is 0 Å². The average Bonchev–Trinajstić information content (AvgIpc) is 2.82. The van der Waals surface area contributed by atoms with Crippen LogP contribution >= 0.6 is 22.3 Å². The van der Waals surface area contributed by atoms with Gasteiger partial charge in [-0.1, -0.05) is 34.2 Å². The van der Waals surface area contributed by atoms with Crippen LogP contribution in [0.15, 0.2) is 23.1 Å². The van der Waals surface area contributed by atoms with Crippen LogP contribution in [0.25, 0.3) is 0 Å². The topological polar surface area (TPSA) is 49.8 Å². The van der Waals surface area contributed by atoms with Crippen LogP contribution in [0.2, 0.25) is 5.02 Å². The lowest BCUT2D eigenvalue weighted by Gasteiger charge is -2.27. The molecule has 20 heavy (non-hydrogen) atoms. The number of hydrogen-bond acceptors (Lipinski definition) is 4. The molecule has 1 heterocycles. The summed E-state index contributed by atoms with van der Waals surface area (Å²) in [5, 5.41) is 10.7. The van der Waals surface area contributed by atoms with Gasteiger partial charge in [0, 0.05) is 16.5 Å². The van der Waals surface area contributed by atoms with E-state index in [0.717, 1.165) is 10.5 Å². The summed E-state index contributed by atoms with van der Waals surface area (Å²) in [4.78, 5) is 12.8. The molecule has 0 saturated carbocycles. The fraction of sp³-hybridized carbons (Fsp3) is 0.429. The van der Waals surface area contributed by atoms with Crippen LogP contribution in [0.1, 0.15) is 12.0 Å². The number of carbonyl (C=O) groups excluding carboxylic acids is 1. The van der Waals surface area contributed by atoms with Crippen molar-refractivity contribution in [3.8, 4) is 0 Å². The van der Waals surface area contributed by atoms with E-state index in [1.165, 1.54) is 7.11 Å². The number of aliphatic hydroxyl groups excluding tert-OH is 1. The van der Waals surface area contributed by atoms with E-state index in [2.05, 4.69) is 5.87 Å². The van der Waals surface area contributed by atoms with Gasteiger partial charge in [0.05, 0.1) is 13.2 Å². The molecule has 1 aromatic carbocycles. The van der Waals surface area contributed by atoms with E-state index in [-0.39, 0.29) is 0 Å². The summed E-state index contributed by atoms with van der Waals surface area (Å²) in [5.41, 5.74) is 0.956. The normalized spacial score (nSPS) is 24.6. The fourth-order valence-electron chi connectivity index (χ4n) is 2.36. The molecule has 1 aromatic rings. The third-order valence-corrected chi connectivity index (χ3v) is 5.85. The van der Waals surface area contributed by atoms with Crippen LogP contribution in [-0.2, 0) is 9.53 Å². The number of benzene rings is 1. The van der Waals surface area contributed by atoms with Crippen LogP contribution in [0.4, 0.5) is 0 Å². The summed E-state index contributed by atoms with van der Waals surface area (Å²) < 4.78 is 6.68. The lowest BCUT2D eigenvalue weighted by atomic mass is 10.2. The number of methoxy groups -OCH3 is 1. The predicted octanol–water partition coefficient (Wildman–Crippen LogP) is 2.23. The first-order chi connectivity index (χ1) is 9.47. The van der Waals surface area contributed by atoms with Gasteiger partial charge in [0.1, 0.15) is 6.04 Å². The molecule has 110 valence electrons. The smallest absolute Gasteiger partial charge is 0.326 e. The van der Waals surface area contributed by atoms with Crippen LogP contribution in [0, 0.1) is 6.92 Å². The van der Waals surface area contributed by atoms with E-state index >= 15 is 0 Å². The summed E-state index contributed by atoms with van der Waals surface area (Å²) in [5.74, 6) is 3.75. The molecule has 3 unspecified atom stereocenters. The number of nitrogens with zero attached hydrogens (tertiary/aromatic N) is 1. The van der Waals surface area contributed by atoms with Gasteiger partial charge in [0.15, 0.2) is 0 Å². The van der Waals surface area contributed by atoms with E-state index in [4.69, 9.17) is 16.3 Å². The maximum atomic E-state index is 11.8. The second-order valence-electron chi connectivity index (χ2n) is 4.69. The molecular weight excluding hydrogens is 298 g/mol. The van der Waals surface area contributed by atoms with Gasteiger partial charge in [-0.05, 0) is 31.0 Å². The molecular formula is C14H18ClNO3S. The van der Waals surface area contributed by atoms with Crippen LogP contribution in [0.3, 0.4) is 0 Å². The number of hydrogen-bond donors (Lipinski definition) is 1. The van der Waals surface area contributed by atoms with E-state index in [9.17, 15) is 9.90 Å². The minimum atomic E-state index is -0.710. The second-order valence-corrected chi connectivity index (χ2v) is 6.74. The first-order valence-corrected chi connectivity index (χ1v) is 8.02. The zero-order valence-electron chi connectivity index (χ0n) is 11.5. The quantitative estimate of drug-likeness (QED) is 0.686. The van der Waals surface area contributed by atoms with Gasteiger partial charge in [-0.2, -0.15) is 0 Å². The Morgan fingerprint density at radius 1 is 1.60 bits per heavy atom. The molecule has 1 saturated heterocycles. The SMILES string of the molecule is C=S(c1cccc(Cl)c1C)N1CCC(O)C1C(=O)OC. The molecule has 2 rings (SSSR count). The van der Waals surface area contributed by atoms with E-state index < -0.39 is 28.8 Å². The van der Waals surface area contributed by atoms with Crippen molar-refractivity contribution in [1.29, 1.82) is 0 Å². The predicted molar refractivity (Wildman–Crippen MR) is 82.3 cm³/mol. The summed E-state index contributed by atoms with van der Waals surface area (Å²) in [6.45, 7) is 2.54. The van der Waals surface area contributed by atoms with Crippen molar-refractivity contribution in [2.45, 2.75) is 30.4 Å². The summed E-state index contributed by atoms with van der Waals surface area (Å²) in [7, 11) is 0.765. The zero-order valence-corrected chi connectivity index (χ0v) is 13.1. The van der Waals surface area contributed by atoms with Crippen molar-refractivity contribution in [1.82, 2.24) is 4.31 Å². The van der Waals surface area contributed by atoms with Crippen LogP contribution < -0.4 is 0 Å². The number of halogens is 1. The van der Waals surface area contributed by atoms with Crippen molar-refractivity contribution in [3.05, 3.63) is 28.8 Å². The van der Waals surface area contributed by atoms with Gasteiger partial charge in [0.25, 0.3) is 0 Å².